The lowest BCUT2D eigenvalue weighted by molar-refractivity contribution is 0.584. The lowest BCUT2D eigenvalue weighted by atomic mass is 10.3. The van der Waals surface area contributed by atoms with Gasteiger partial charge in [0, 0.05) is 25.5 Å². The van der Waals surface area contributed by atoms with E-state index in [1.54, 1.807) is 35.9 Å². The summed E-state index contributed by atoms with van der Waals surface area (Å²) in [6.07, 6.45) is 1.88. The second-order valence-corrected chi connectivity index (χ2v) is 6.13. The van der Waals surface area contributed by atoms with Gasteiger partial charge in [-0.1, -0.05) is 6.92 Å². The van der Waals surface area contributed by atoms with Gasteiger partial charge in [-0.15, -0.1) is 0 Å². The molecule has 2 rings (SSSR count). The summed E-state index contributed by atoms with van der Waals surface area (Å²) in [7, 11) is -1.52. The molecule has 0 radical (unpaired) electrons. The number of anilines is 1. The number of aromatic nitrogens is 2. The minimum atomic E-state index is -3.38. The first kappa shape index (κ1) is 14.5. The third kappa shape index (κ3) is 3.58. The van der Waals surface area contributed by atoms with Crippen LogP contribution in [-0.4, -0.2) is 24.7 Å². The summed E-state index contributed by atoms with van der Waals surface area (Å²) in [5.41, 5.74) is 1.78. The van der Waals surface area contributed by atoms with Crippen LogP contribution in [0.4, 0.5) is 5.69 Å². The van der Waals surface area contributed by atoms with Crippen LogP contribution in [0, 0.1) is 0 Å². The van der Waals surface area contributed by atoms with E-state index in [-0.39, 0.29) is 4.90 Å². The molecule has 1 heterocycles. The predicted octanol–water partition coefficient (Wildman–Crippen LogP) is 1.33. The molecule has 1 aromatic heterocycles. The Morgan fingerprint density at radius 3 is 2.45 bits per heavy atom. The van der Waals surface area contributed by atoms with Crippen molar-refractivity contribution >= 4 is 15.7 Å². The molecule has 0 aliphatic rings. The van der Waals surface area contributed by atoms with Crippen molar-refractivity contribution in [1.82, 2.24) is 14.5 Å². The Balaban J connectivity index is 2.01. The van der Waals surface area contributed by atoms with Gasteiger partial charge in [0.15, 0.2) is 0 Å². The number of hydrogen-bond acceptors (Lipinski definition) is 4. The standard InChI is InChI=1S/C13H18N4O2S/c1-3-15-20(18,19)13-6-4-11(5-7-13)14-10-12-8-9-17(2)16-12/h4-9,14-15H,3,10H2,1-2H3. The summed E-state index contributed by atoms with van der Waals surface area (Å²) in [6.45, 7) is 2.72. The number of nitrogens with zero attached hydrogens (tertiary/aromatic N) is 2. The van der Waals surface area contributed by atoms with Crippen LogP contribution in [0.1, 0.15) is 12.6 Å². The second-order valence-electron chi connectivity index (χ2n) is 4.36. The molecule has 0 fully saturated rings. The first-order valence-electron chi connectivity index (χ1n) is 6.33. The van der Waals surface area contributed by atoms with Crippen molar-refractivity contribution in [3.63, 3.8) is 0 Å². The Labute approximate surface area is 118 Å². The van der Waals surface area contributed by atoms with Gasteiger partial charge in [0.2, 0.25) is 10.0 Å². The number of aryl methyl sites for hydroxylation is 1. The van der Waals surface area contributed by atoms with E-state index >= 15 is 0 Å². The van der Waals surface area contributed by atoms with Gasteiger partial charge in [0.25, 0.3) is 0 Å². The Morgan fingerprint density at radius 2 is 1.90 bits per heavy atom. The van der Waals surface area contributed by atoms with Crippen molar-refractivity contribution in [2.24, 2.45) is 7.05 Å². The van der Waals surface area contributed by atoms with E-state index in [9.17, 15) is 8.42 Å². The molecular formula is C13H18N4O2S. The van der Waals surface area contributed by atoms with Gasteiger partial charge in [0.1, 0.15) is 0 Å². The molecule has 0 aliphatic heterocycles. The van der Waals surface area contributed by atoms with Gasteiger partial charge in [-0.05, 0) is 30.3 Å². The fraction of sp³-hybridized carbons (Fsp3) is 0.308. The monoisotopic (exact) mass is 294 g/mol. The van der Waals surface area contributed by atoms with Crippen molar-refractivity contribution in [2.75, 3.05) is 11.9 Å². The Hall–Kier alpha value is -1.86. The minimum Gasteiger partial charge on any atom is -0.379 e. The fourth-order valence-corrected chi connectivity index (χ4v) is 2.82. The molecule has 0 aliphatic carbocycles. The van der Waals surface area contributed by atoms with Crippen molar-refractivity contribution in [3.8, 4) is 0 Å². The maximum absolute atomic E-state index is 11.8. The molecule has 0 unspecified atom stereocenters. The number of sulfonamides is 1. The highest BCUT2D eigenvalue weighted by Crippen LogP contribution is 2.14. The molecule has 6 nitrogen and oxygen atoms in total. The molecule has 20 heavy (non-hydrogen) atoms. The summed E-state index contributed by atoms with van der Waals surface area (Å²) in [5.74, 6) is 0. The van der Waals surface area contributed by atoms with E-state index in [4.69, 9.17) is 0 Å². The molecule has 2 aromatic rings. The molecule has 0 saturated carbocycles. The third-order valence-electron chi connectivity index (χ3n) is 2.74. The first-order valence-corrected chi connectivity index (χ1v) is 7.81. The molecule has 2 N–H and O–H groups in total. The first-order chi connectivity index (χ1) is 9.51. The van der Waals surface area contributed by atoms with E-state index in [0.29, 0.717) is 13.1 Å². The van der Waals surface area contributed by atoms with Crippen LogP contribution >= 0.6 is 0 Å². The maximum atomic E-state index is 11.8. The number of hydrogen-bond donors (Lipinski definition) is 2. The van der Waals surface area contributed by atoms with Gasteiger partial charge in [0.05, 0.1) is 17.1 Å². The summed E-state index contributed by atoms with van der Waals surface area (Å²) >= 11 is 0. The van der Waals surface area contributed by atoms with Gasteiger partial charge < -0.3 is 5.32 Å². The third-order valence-corrected chi connectivity index (χ3v) is 4.30. The van der Waals surface area contributed by atoms with Crippen molar-refractivity contribution in [1.29, 1.82) is 0 Å². The second kappa shape index (κ2) is 6.06. The fourth-order valence-electron chi connectivity index (χ4n) is 1.78. The van der Waals surface area contributed by atoms with Crippen LogP contribution in [0.25, 0.3) is 0 Å². The smallest absolute Gasteiger partial charge is 0.240 e. The van der Waals surface area contributed by atoms with Crippen molar-refractivity contribution < 1.29 is 8.42 Å². The number of benzene rings is 1. The maximum Gasteiger partial charge on any atom is 0.240 e. The molecule has 0 bridgehead atoms. The van der Waals surface area contributed by atoms with E-state index in [2.05, 4.69) is 15.1 Å². The topological polar surface area (TPSA) is 76.0 Å². The molecule has 0 saturated heterocycles. The van der Waals surface area contributed by atoms with Crippen LogP contribution in [0.5, 0.6) is 0 Å². The molecule has 0 amide bonds. The molecule has 0 spiro atoms. The average Bonchev–Trinajstić information content (AvgIpc) is 2.83. The minimum absolute atomic E-state index is 0.266. The molecule has 1 aromatic carbocycles. The zero-order chi connectivity index (χ0) is 14.6. The number of nitrogens with one attached hydrogen (secondary N) is 2. The largest absolute Gasteiger partial charge is 0.379 e. The summed E-state index contributed by atoms with van der Waals surface area (Å²) in [5, 5.41) is 7.45. The highest BCUT2D eigenvalue weighted by Gasteiger charge is 2.11. The van der Waals surface area contributed by atoms with Gasteiger partial charge >= 0.3 is 0 Å². The Bertz CT molecular complexity index is 662. The Morgan fingerprint density at radius 1 is 1.20 bits per heavy atom. The lowest BCUT2D eigenvalue weighted by Gasteiger charge is -2.07. The van der Waals surface area contributed by atoms with Crippen molar-refractivity contribution in [3.05, 3.63) is 42.2 Å². The van der Waals surface area contributed by atoms with E-state index in [1.165, 1.54) is 0 Å². The quantitative estimate of drug-likeness (QED) is 0.843. The molecule has 108 valence electrons. The van der Waals surface area contributed by atoms with Gasteiger partial charge in [-0.2, -0.15) is 5.10 Å². The Kier molecular flexibility index (Phi) is 4.41. The molecular weight excluding hydrogens is 276 g/mol. The summed E-state index contributed by atoms with van der Waals surface area (Å²) in [4.78, 5) is 0.266. The normalized spacial score (nSPS) is 11.5. The summed E-state index contributed by atoms with van der Waals surface area (Å²) in [6, 6.07) is 8.58. The summed E-state index contributed by atoms with van der Waals surface area (Å²) < 4.78 is 27.8. The SMILES string of the molecule is CCNS(=O)(=O)c1ccc(NCc2ccn(C)n2)cc1. The lowest BCUT2D eigenvalue weighted by Crippen LogP contribution is -2.23. The van der Waals surface area contributed by atoms with Gasteiger partial charge in [-0.3, -0.25) is 4.68 Å². The zero-order valence-corrected chi connectivity index (χ0v) is 12.3. The van der Waals surface area contributed by atoms with E-state index < -0.39 is 10.0 Å². The highest BCUT2D eigenvalue weighted by atomic mass is 32.2. The van der Waals surface area contributed by atoms with Crippen molar-refractivity contribution in [2.45, 2.75) is 18.4 Å². The average molecular weight is 294 g/mol. The van der Waals surface area contributed by atoms with Crippen LogP contribution in [0.15, 0.2) is 41.4 Å². The van der Waals surface area contributed by atoms with Crippen LogP contribution < -0.4 is 10.0 Å². The number of rotatable bonds is 6. The predicted molar refractivity (Wildman–Crippen MR) is 77.8 cm³/mol. The molecule has 7 heteroatoms. The van der Waals surface area contributed by atoms with E-state index in [0.717, 1.165) is 11.4 Å². The van der Waals surface area contributed by atoms with Crippen LogP contribution in [-0.2, 0) is 23.6 Å². The van der Waals surface area contributed by atoms with Crippen LogP contribution in [0.2, 0.25) is 0 Å². The zero-order valence-electron chi connectivity index (χ0n) is 11.5. The van der Waals surface area contributed by atoms with E-state index in [1.807, 2.05) is 19.3 Å². The van der Waals surface area contributed by atoms with Gasteiger partial charge in [-0.25, -0.2) is 13.1 Å². The molecule has 0 atom stereocenters. The highest BCUT2D eigenvalue weighted by molar-refractivity contribution is 7.89. The van der Waals surface area contributed by atoms with Crippen LogP contribution in [0.3, 0.4) is 0 Å².